The lowest BCUT2D eigenvalue weighted by Crippen LogP contribution is -2.36. The molecule has 1 aromatic heterocycles. The van der Waals surface area contributed by atoms with Crippen LogP contribution < -0.4 is 5.32 Å². The number of nitrogens with zero attached hydrogens (tertiary/aromatic N) is 1. The van der Waals surface area contributed by atoms with Crippen molar-refractivity contribution in [3.05, 3.63) is 35.9 Å². The third-order valence-electron chi connectivity index (χ3n) is 4.77. The van der Waals surface area contributed by atoms with Gasteiger partial charge in [-0.15, -0.1) is 0 Å². The first-order chi connectivity index (χ1) is 10.1. The van der Waals surface area contributed by atoms with Gasteiger partial charge in [-0.25, -0.2) is 9.78 Å². The standard InChI is InChI=1S/C17H20N2O2/c1-2-17(9-4-10-17)11-18-15-8-7-12-13(16(20)21)5-3-6-14(12)19-15/h3,5-8H,2,4,9-11H2,1H3,(H,18,19)(H,20,21). The first-order valence-electron chi connectivity index (χ1n) is 7.50. The van der Waals surface area contributed by atoms with Crippen LogP contribution >= 0.6 is 0 Å². The van der Waals surface area contributed by atoms with E-state index in [0.29, 0.717) is 16.4 Å². The van der Waals surface area contributed by atoms with Crippen molar-refractivity contribution in [3.63, 3.8) is 0 Å². The average molecular weight is 284 g/mol. The van der Waals surface area contributed by atoms with E-state index in [4.69, 9.17) is 0 Å². The van der Waals surface area contributed by atoms with Gasteiger partial charge >= 0.3 is 5.97 Å². The van der Waals surface area contributed by atoms with Gasteiger partial charge in [-0.2, -0.15) is 0 Å². The van der Waals surface area contributed by atoms with Crippen LogP contribution in [0.4, 0.5) is 5.82 Å². The summed E-state index contributed by atoms with van der Waals surface area (Å²) in [6, 6.07) is 8.91. The van der Waals surface area contributed by atoms with Gasteiger partial charge in [0.1, 0.15) is 5.82 Å². The first-order valence-corrected chi connectivity index (χ1v) is 7.50. The minimum absolute atomic E-state index is 0.301. The van der Waals surface area contributed by atoms with E-state index in [9.17, 15) is 9.90 Å². The molecule has 4 heteroatoms. The molecule has 0 saturated heterocycles. The summed E-state index contributed by atoms with van der Waals surface area (Å²) in [5.41, 5.74) is 1.45. The molecule has 0 radical (unpaired) electrons. The summed E-state index contributed by atoms with van der Waals surface area (Å²) in [6.07, 6.45) is 5.08. The minimum Gasteiger partial charge on any atom is -0.478 e. The van der Waals surface area contributed by atoms with Gasteiger partial charge in [0.25, 0.3) is 0 Å². The molecule has 1 aromatic carbocycles. The first kappa shape index (κ1) is 13.9. The fourth-order valence-electron chi connectivity index (χ4n) is 3.05. The molecule has 1 heterocycles. The fourth-order valence-corrected chi connectivity index (χ4v) is 3.05. The summed E-state index contributed by atoms with van der Waals surface area (Å²) in [5, 5.41) is 13.3. The van der Waals surface area contributed by atoms with Crippen LogP contribution in [0.25, 0.3) is 10.9 Å². The number of carbonyl (C=O) groups is 1. The normalized spacial score (nSPS) is 16.4. The Morgan fingerprint density at radius 3 is 2.76 bits per heavy atom. The molecule has 0 amide bonds. The number of carboxylic acids is 1. The number of aromatic nitrogens is 1. The maximum atomic E-state index is 11.2. The van der Waals surface area contributed by atoms with E-state index < -0.39 is 5.97 Å². The molecule has 1 aliphatic carbocycles. The molecule has 1 saturated carbocycles. The molecule has 1 fully saturated rings. The number of aromatic carboxylic acids is 1. The van der Waals surface area contributed by atoms with Crippen molar-refractivity contribution >= 4 is 22.7 Å². The molecule has 0 aliphatic heterocycles. The van der Waals surface area contributed by atoms with E-state index in [1.165, 1.54) is 25.7 Å². The lowest BCUT2D eigenvalue weighted by Gasteiger charge is -2.41. The summed E-state index contributed by atoms with van der Waals surface area (Å²) >= 11 is 0. The number of benzene rings is 1. The number of rotatable bonds is 5. The van der Waals surface area contributed by atoms with Gasteiger partial charge in [0.15, 0.2) is 0 Å². The van der Waals surface area contributed by atoms with Gasteiger partial charge in [0, 0.05) is 11.9 Å². The number of pyridine rings is 1. The molecule has 2 N–H and O–H groups in total. The van der Waals surface area contributed by atoms with E-state index >= 15 is 0 Å². The Labute approximate surface area is 124 Å². The third-order valence-corrected chi connectivity index (χ3v) is 4.77. The molecule has 3 rings (SSSR count). The Bertz CT molecular complexity index is 672. The van der Waals surface area contributed by atoms with Crippen molar-refractivity contribution in [3.8, 4) is 0 Å². The van der Waals surface area contributed by atoms with Gasteiger partial charge in [-0.1, -0.05) is 19.4 Å². The van der Waals surface area contributed by atoms with E-state index in [1.807, 2.05) is 18.2 Å². The molecule has 110 valence electrons. The fraction of sp³-hybridized carbons (Fsp3) is 0.412. The smallest absolute Gasteiger partial charge is 0.336 e. The molecule has 0 unspecified atom stereocenters. The Morgan fingerprint density at radius 1 is 1.33 bits per heavy atom. The van der Waals surface area contributed by atoms with Gasteiger partial charge in [0.2, 0.25) is 0 Å². The predicted molar refractivity (Wildman–Crippen MR) is 83.8 cm³/mol. The van der Waals surface area contributed by atoms with Crippen molar-refractivity contribution in [2.75, 3.05) is 11.9 Å². The van der Waals surface area contributed by atoms with E-state index in [2.05, 4.69) is 17.2 Å². The Kier molecular flexibility index (Phi) is 3.53. The zero-order valence-electron chi connectivity index (χ0n) is 12.2. The molecular weight excluding hydrogens is 264 g/mol. The van der Waals surface area contributed by atoms with Crippen LogP contribution in [0.2, 0.25) is 0 Å². The Hall–Kier alpha value is -2.10. The lowest BCUT2D eigenvalue weighted by molar-refractivity contribution is 0.0699. The van der Waals surface area contributed by atoms with Crippen molar-refractivity contribution in [1.82, 2.24) is 4.98 Å². The SMILES string of the molecule is CCC1(CNc2ccc3c(C(=O)O)cccc3n2)CCC1. The summed E-state index contributed by atoms with van der Waals surface area (Å²) in [6.45, 7) is 3.19. The highest BCUT2D eigenvalue weighted by Crippen LogP contribution is 2.43. The van der Waals surface area contributed by atoms with Crippen molar-refractivity contribution < 1.29 is 9.90 Å². The molecular formula is C17H20N2O2. The number of carboxylic acid groups (broad SMARTS) is 1. The highest BCUT2D eigenvalue weighted by Gasteiger charge is 2.34. The van der Waals surface area contributed by atoms with E-state index in [0.717, 1.165) is 17.9 Å². The quantitative estimate of drug-likeness (QED) is 0.873. The number of fused-ring (bicyclic) bond motifs is 1. The summed E-state index contributed by atoms with van der Waals surface area (Å²) in [4.78, 5) is 15.7. The Balaban J connectivity index is 1.83. The van der Waals surface area contributed by atoms with Crippen LogP contribution in [-0.2, 0) is 0 Å². The predicted octanol–water partition coefficient (Wildman–Crippen LogP) is 3.93. The number of nitrogens with one attached hydrogen (secondary N) is 1. The second-order valence-corrected chi connectivity index (χ2v) is 5.93. The molecule has 0 atom stereocenters. The number of hydrogen-bond acceptors (Lipinski definition) is 3. The summed E-state index contributed by atoms with van der Waals surface area (Å²) in [7, 11) is 0. The molecule has 4 nitrogen and oxygen atoms in total. The van der Waals surface area contributed by atoms with Crippen LogP contribution in [0.1, 0.15) is 43.0 Å². The summed E-state index contributed by atoms with van der Waals surface area (Å²) < 4.78 is 0. The van der Waals surface area contributed by atoms with Crippen molar-refractivity contribution in [2.45, 2.75) is 32.6 Å². The molecule has 0 spiro atoms. The van der Waals surface area contributed by atoms with Crippen LogP contribution in [0.3, 0.4) is 0 Å². The molecule has 1 aliphatic rings. The topological polar surface area (TPSA) is 62.2 Å². The number of hydrogen-bond donors (Lipinski definition) is 2. The average Bonchev–Trinajstić information content (AvgIpc) is 2.45. The van der Waals surface area contributed by atoms with E-state index in [-0.39, 0.29) is 0 Å². The van der Waals surface area contributed by atoms with Crippen LogP contribution in [0, 0.1) is 5.41 Å². The van der Waals surface area contributed by atoms with Crippen molar-refractivity contribution in [2.24, 2.45) is 5.41 Å². The molecule has 21 heavy (non-hydrogen) atoms. The lowest BCUT2D eigenvalue weighted by atomic mass is 9.67. The van der Waals surface area contributed by atoms with Crippen LogP contribution in [-0.4, -0.2) is 22.6 Å². The maximum Gasteiger partial charge on any atom is 0.336 e. The monoisotopic (exact) mass is 284 g/mol. The largest absolute Gasteiger partial charge is 0.478 e. The Morgan fingerprint density at radius 2 is 2.14 bits per heavy atom. The second-order valence-electron chi connectivity index (χ2n) is 5.93. The zero-order valence-corrected chi connectivity index (χ0v) is 12.2. The van der Waals surface area contributed by atoms with Gasteiger partial charge < -0.3 is 10.4 Å². The van der Waals surface area contributed by atoms with Gasteiger partial charge in [0.05, 0.1) is 11.1 Å². The zero-order chi connectivity index (χ0) is 14.9. The second kappa shape index (κ2) is 5.35. The van der Waals surface area contributed by atoms with Gasteiger partial charge in [-0.3, -0.25) is 0 Å². The van der Waals surface area contributed by atoms with Crippen LogP contribution in [0.5, 0.6) is 0 Å². The van der Waals surface area contributed by atoms with E-state index in [1.54, 1.807) is 12.1 Å². The molecule has 2 aromatic rings. The third kappa shape index (κ3) is 2.58. The molecule has 0 bridgehead atoms. The van der Waals surface area contributed by atoms with Gasteiger partial charge in [-0.05, 0) is 48.9 Å². The van der Waals surface area contributed by atoms with Crippen LogP contribution in [0.15, 0.2) is 30.3 Å². The van der Waals surface area contributed by atoms with Crippen molar-refractivity contribution in [1.29, 1.82) is 0 Å². The number of anilines is 1. The summed E-state index contributed by atoms with van der Waals surface area (Å²) in [5.74, 6) is -0.0905. The highest BCUT2D eigenvalue weighted by molar-refractivity contribution is 6.02. The highest BCUT2D eigenvalue weighted by atomic mass is 16.4. The maximum absolute atomic E-state index is 11.2. The minimum atomic E-state index is -0.914.